The molecule has 1 heterocycles. The van der Waals surface area contributed by atoms with Crippen molar-refractivity contribution in [3.63, 3.8) is 0 Å². The van der Waals surface area contributed by atoms with E-state index in [-0.39, 0.29) is 5.54 Å². The molecule has 0 aliphatic carbocycles. The summed E-state index contributed by atoms with van der Waals surface area (Å²) in [5.74, 6) is 0.512. The predicted molar refractivity (Wildman–Crippen MR) is 73.5 cm³/mol. The van der Waals surface area contributed by atoms with Gasteiger partial charge in [-0.1, -0.05) is 11.6 Å². The van der Waals surface area contributed by atoms with Gasteiger partial charge in [-0.15, -0.1) is 0 Å². The molecule has 1 N–H and O–H groups in total. The molecule has 2 rings (SSSR count). The maximum absolute atomic E-state index is 13.7. The molecule has 2 aromatic rings. The van der Waals surface area contributed by atoms with Crippen LogP contribution in [-0.2, 0) is 6.54 Å². The Balaban J connectivity index is 2.16. The number of oxazole rings is 1. The lowest BCUT2D eigenvalue weighted by Gasteiger charge is -2.18. The first kappa shape index (κ1) is 14.0. The molecule has 1 aromatic heterocycles. The lowest BCUT2D eigenvalue weighted by molar-refractivity contribution is 0.383. The van der Waals surface area contributed by atoms with Gasteiger partial charge in [0, 0.05) is 10.6 Å². The van der Waals surface area contributed by atoms with Gasteiger partial charge in [0.05, 0.1) is 18.3 Å². The number of benzene rings is 1. The third-order valence-electron chi connectivity index (χ3n) is 2.52. The highest BCUT2D eigenvalue weighted by Gasteiger charge is 2.14. The van der Waals surface area contributed by atoms with E-state index >= 15 is 0 Å². The number of hydrogen-bond acceptors (Lipinski definition) is 3. The summed E-state index contributed by atoms with van der Waals surface area (Å²) in [6.07, 6.45) is 1.52. The first-order valence-corrected chi connectivity index (χ1v) is 6.38. The molecule has 0 saturated heterocycles. The fourth-order valence-corrected chi connectivity index (χ4v) is 1.71. The van der Waals surface area contributed by atoms with Crippen LogP contribution < -0.4 is 5.32 Å². The van der Waals surface area contributed by atoms with Crippen molar-refractivity contribution in [1.29, 1.82) is 0 Å². The van der Waals surface area contributed by atoms with E-state index in [1.807, 2.05) is 0 Å². The smallest absolute Gasteiger partial charge is 0.208 e. The molecule has 0 radical (unpaired) electrons. The maximum Gasteiger partial charge on any atom is 0.208 e. The fourth-order valence-electron chi connectivity index (χ4n) is 1.55. The summed E-state index contributed by atoms with van der Waals surface area (Å²) in [4.78, 5) is 4.13. The first-order valence-electron chi connectivity index (χ1n) is 6.00. The average molecular weight is 283 g/mol. The van der Waals surface area contributed by atoms with Crippen molar-refractivity contribution in [2.75, 3.05) is 0 Å². The highest BCUT2D eigenvalue weighted by atomic mass is 35.5. The predicted octanol–water partition coefficient (Wildman–Crippen LogP) is 4.02. The van der Waals surface area contributed by atoms with Crippen LogP contribution in [0.4, 0.5) is 4.39 Å². The van der Waals surface area contributed by atoms with E-state index in [0.717, 1.165) is 0 Å². The molecule has 0 fully saturated rings. The van der Waals surface area contributed by atoms with Gasteiger partial charge in [0.25, 0.3) is 0 Å². The zero-order valence-corrected chi connectivity index (χ0v) is 11.9. The van der Waals surface area contributed by atoms with Crippen LogP contribution in [0, 0.1) is 5.82 Å². The molecule has 0 atom stereocenters. The van der Waals surface area contributed by atoms with Gasteiger partial charge in [-0.05, 0) is 39.0 Å². The largest absolute Gasteiger partial charge is 0.439 e. The summed E-state index contributed by atoms with van der Waals surface area (Å²) in [5.41, 5.74) is 0.332. The van der Waals surface area contributed by atoms with Crippen molar-refractivity contribution < 1.29 is 8.81 Å². The molecule has 19 heavy (non-hydrogen) atoms. The average Bonchev–Trinajstić information content (AvgIpc) is 2.74. The standard InChI is InChI=1S/C14H16ClFN2O/c1-14(2,3)18-8-13-17-7-12(19-13)10-5-4-9(15)6-11(10)16/h4-7,18H,8H2,1-3H3. The molecule has 0 unspecified atom stereocenters. The Hall–Kier alpha value is -1.39. The van der Waals surface area contributed by atoms with Gasteiger partial charge in [0.15, 0.2) is 5.76 Å². The normalized spacial score (nSPS) is 11.8. The number of aromatic nitrogens is 1. The number of rotatable bonds is 3. The molecule has 0 amide bonds. The lowest BCUT2D eigenvalue weighted by Crippen LogP contribution is -2.35. The molecule has 1 aromatic carbocycles. The lowest BCUT2D eigenvalue weighted by atomic mass is 10.1. The van der Waals surface area contributed by atoms with Crippen LogP contribution in [0.3, 0.4) is 0 Å². The van der Waals surface area contributed by atoms with Gasteiger partial charge >= 0.3 is 0 Å². The van der Waals surface area contributed by atoms with E-state index in [1.165, 1.54) is 12.3 Å². The molecule has 0 bridgehead atoms. The van der Waals surface area contributed by atoms with Crippen molar-refractivity contribution in [2.24, 2.45) is 0 Å². The van der Waals surface area contributed by atoms with Gasteiger partial charge in [-0.3, -0.25) is 0 Å². The van der Waals surface area contributed by atoms with E-state index in [4.69, 9.17) is 16.0 Å². The van der Waals surface area contributed by atoms with Crippen LogP contribution in [0.2, 0.25) is 5.02 Å². The summed E-state index contributed by atoms with van der Waals surface area (Å²) < 4.78 is 19.3. The Kier molecular flexibility index (Phi) is 3.92. The topological polar surface area (TPSA) is 38.1 Å². The van der Waals surface area contributed by atoms with Crippen molar-refractivity contribution in [1.82, 2.24) is 10.3 Å². The molecule has 102 valence electrons. The summed E-state index contributed by atoms with van der Waals surface area (Å²) >= 11 is 5.71. The minimum atomic E-state index is -0.418. The third-order valence-corrected chi connectivity index (χ3v) is 2.76. The second kappa shape index (κ2) is 5.31. The molecule has 0 spiro atoms. The van der Waals surface area contributed by atoms with E-state index in [1.54, 1.807) is 12.1 Å². The number of nitrogens with one attached hydrogen (secondary N) is 1. The summed E-state index contributed by atoms with van der Waals surface area (Å²) in [6.45, 7) is 6.65. The van der Waals surface area contributed by atoms with Crippen LogP contribution >= 0.6 is 11.6 Å². The van der Waals surface area contributed by atoms with Gasteiger partial charge in [-0.2, -0.15) is 0 Å². The van der Waals surface area contributed by atoms with E-state index < -0.39 is 5.82 Å². The molecule has 0 aliphatic rings. The van der Waals surface area contributed by atoms with Crippen LogP contribution in [0.25, 0.3) is 11.3 Å². The second-order valence-corrected chi connectivity index (χ2v) is 5.78. The number of nitrogens with zero attached hydrogens (tertiary/aromatic N) is 1. The Morgan fingerprint density at radius 2 is 2.11 bits per heavy atom. The Morgan fingerprint density at radius 1 is 1.37 bits per heavy atom. The molecule has 0 aliphatic heterocycles. The quantitative estimate of drug-likeness (QED) is 0.924. The Morgan fingerprint density at radius 3 is 2.74 bits per heavy atom. The molecule has 3 nitrogen and oxygen atoms in total. The maximum atomic E-state index is 13.7. The summed E-state index contributed by atoms with van der Waals surface area (Å²) in [6, 6.07) is 4.46. The van der Waals surface area contributed by atoms with E-state index in [0.29, 0.717) is 28.8 Å². The second-order valence-electron chi connectivity index (χ2n) is 5.35. The van der Waals surface area contributed by atoms with Crippen molar-refractivity contribution >= 4 is 11.6 Å². The Bertz CT molecular complexity index is 575. The van der Waals surface area contributed by atoms with Gasteiger partial charge in [-0.25, -0.2) is 9.37 Å². The highest BCUT2D eigenvalue weighted by molar-refractivity contribution is 6.30. The molecular formula is C14H16ClFN2O. The highest BCUT2D eigenvalue weighted by Crippen LogP contribution is 2.26. The molecular weight excluding hydrogens is 267 g/mol. The van der Waals surface area contributed by atoms with Gasteiger partial charge in [0.1, 0.15) is 5.82 Å². The third kappa shape index (κ3) is 3.78. The van der Waals surface area contributed by atoms with E-state index in [9.17, 15) is 4.39 Å². The fraction of sp³-hybridized carbons (Fsp3) is 0.357. The monoisotopic (exact) mass is 282 g/mol. The van der Waals surface area contributed by atoms with Crippen molar-refractivity contribution in [3.8, 4) is 11.3 Å². The van der Waals surface area contributed by atoms with Crippen LogP contribution in [0.1, 0.15) is 26.7 Å². The van der Waals surface area contributed by atoms with E-state index in [2.05, 4.69) is 31.1 Å². The number of halogens is 2. The minimum absolute atomic E-state index is 0.0276. The van der Waals surface area contributed by atoms with Crippen LogP contribution in [0.5, 0.6) is 0 Å². The van der Waals surface area contributed by atoms with Crippen molar-refractivity contribution in [3.05, 3.63) is 41.1 Å². The van der Waals surface area contributed by atoms with Crippen LogP contribution in [0.15, 0.2) is 28.8 Å². The zero-order valence-electron chi connectivity index (χ0n) is 11.1. The molecule has 5 heteroatoms. The SMILES string of the molecule is CC(C)(C)NCc1ncc(-c2ccc(Cl)cc2F)o1. The van der Waals surface area contributed by atoms with Gasteiger partial charge < -0.3 is 9.73 Å². The van der Waals surface area contributed by atoms with Crippen LogP contribution in [-0.4, -0.2) is 10.5 Å². The number of hydrogen-bond donors (Lipinski definition) is 1. The minimum Gasteiger partial charge on any atom is -0.439 e. The first-order chi connectivity index (χ1) is 8.85. The molecule has 0 saturated carbocycles. The summed E-state index contributed by atoms with van der Waals surface area (Å²) in [7, 11) is 0. The summed E-state index contributed by atoms with van der Waals surface area (Å²) in [5, 5.41) is 3.61. The zero-order chi connectivity index (χ0) is 14.0. The van der Waals surface area contributed by atoms with Gasteiger partial charge in [0.2, 0.25) is 5.89 Å². The Labute approximate surface area is 116 Å². The van der Waals surface area contributed by atoms with Crippen molar-refractivity contribution in [2.45, 2.75) is 32.9 Å².